The van der Waals surface area contributed by atoms with E-state index in [1.807, 2.05) is 0 Å². The van der Waals surface area contributed by atoms with Gasteiger partial charge in [0.2, 0.25) is 0 Å². The van der Waals surface area contributed by atoms with Crippen LogP contribution < -0.4 is 10.6 Å². The molecule has 8 heteroatoms. The van der Waals surface area contributed by atoms with Crippen LogP contribution in [0.2, 0.25) is 5.15 Å². The Morgan fingerprint density at radius 1 is 1.55 bits per heavy atom. The lowest BCUT2D eigenvalue weighted by Gasteiger charge is -2.04. The predicted octanol–water partition coefficient (Wildman–Crippen LogP) is 1.15. The smallest absolute Gasteiger partial charge is 0.305 e. The number of carbonyl (C=O) groups excluding carboxylic acids is 1. The number of anilines is 1. The summed E-state index contributed by atoms with van der Waals surface area (Å²) in [4.78, 5) is 25.7. The lowest BCUT2D eigenvalue weighted by Crippen LogP contribution is -2.27. The van der Waals surface area contributed by atoms with Gasteiger partial charge in [-0.2, -0.15) is 5.26 Å². The van der Waals surface area contributed by atoms with Crippen molar-refractivity contribution in [3.8, 4) is 6.07 Å². The third-order valence-electron chi connectivity index (χ3n) is 2.12. The largest absolute Gasteiger partial charge is 0.481 e. The molecule has 0 fully saturated rings. The van der Waals surface area contributed by atoms with E-state index in [1.165, 1.54) is 12.4 Å². The first kappa shape index (κ1) is 15.5. The molecule has 0 atom stereocenters. The number of carbonyl (C=O) groups is 2. The summed E-state index contributed by atoms with van der Waals surface area (Å²) in [5.74, 6) is -1.70. The summed E-state index contributed by atoms with van der Waals surface area (Å²) in [6, 6.07) is 4.97. The number of nitrogens with one attached hydrogen (secondary N) is 2. The number of nitriles is 1. The van der Waals surface area contributed by atoms with Crippen LogP contribution in [-0.4, -0.2) is 28.5 Å². The molecule has 1 rings (SSSR count). The van der Waals surface area contributed by atoms with Crippen LogP contribution in [0.15, 0.2) is 30.1 Å². The molecule has 0 saturated carbocycles. The molecule has 0 aromatic carbocycles. The van der Waals surface area contributed by atoms with Gasteiger partial charge in [-0.05, 0) is 12.1 Å². The van der Waals surface area contributed by atoms with E-state index in [1.54, 1.807) is 18.2 Å². The Hall–Kier alpha value is -2.59. The van der Waals surface area contributed by atoms with Gasteiger partial charge in [0.1, 0.15) is 11.6 Å². The van der Waals surface area contributed by atoms with Gasteiger partial charge in [0.15, 0.2) is 5.15 Å². The SMILES string of the molecule is N#C/C(=C/Nc1cccnc1Cl)C(=O)NCCC(=O)O. The van der Waals surface area contributed by atoms with E-state index in [9.17, 15) is 9.59 Å². The van der Waals surface area contributed by atoms with Gasteiger partial charge >= 0.3 is 5.97 Å². The molecule has 1 aromatic rings. The molecule has 0 aliphatic carbocycles. The topological polar surface area (TPSA) is 115 Å². The zero-order valence-electron chi connectivity index (χ0n) is 10.3. The highest BCUT2D eigenvalue weighted by Crippen LogP contribution is 2.17. The summed E-state index contributed by atoms with van der Waals surface area (Å²) in [6.45, 7) is -0.0547. The van der Waals surface area contributed by atoms with Crippen LogP contribution in [0, 0.1) is 11.3 Å². The van der Waals surface area contributed by atoms with Crippen molar-refractivity contribution in [3.05, 3.63) is 35.3 Å². The molecule has 1 aromatic heterocycles. The zero-order valence-corrected chi connectivity index (χ0v) is 11.0. The minimum absolute atomic E-state index is 0.0547. The van der Waals surface area contributed by atoms with Gasteiger partial charge in [-0.25, -0.2) is 4.98 Å². The van der Waals surface area contributed by atoms with Crippen molar-refractivity contribution in [1.82, 2.24) is 10.3 Å². The second kappa shape index (κ2) is 7.76. The van der Waals surface area contributed by atoms with Crippen molar-refractivity contribution >= 4 is 29.2 Å². The maximum atomic E-state index is 11.6. The number of carboxylic acids is 1. The van der Waals surface area contributed by atoms with Gasteiger partial charge < -0.3 is 15.7 Å². The van der Waals surface area contributed by atoms with E-state index in [-0.39, 0.29) is 23.7 Å². The molecular formula is C12H11ClN4O3. The van der Waals surface area contributed by atoms with Crippen molar-refractivity contribution in [2.75, 3.05) is 11.9 Å². The van der Waals surface area contributed by atoms with Crippen LogP contribution in [0.4, 0.5) is 5.69 Å². The van der Waals surface area contributed by atoms with Crippen molar-refractivity contribution in [3.63, 3.8) is 0 Å². The summed E-state index contributed by atoms with van der Waals surface area (Å²) in [6.07, 6.45) is 2.46. The molecule has 3 N–H and O–H groups in total. The van der Waals surface area contributed by atoms with Gasteiger partial charge in [-0.3, -0.25) is 9.59 Å². The Morgan fingerprint density at radius 3 is 2.90 bits per heavy atom. The summed E-state index contributed by atoms with van der Waals surface area (Å²) in [5.41, 5.74) is 0.246. The molecule has 0 aliphatic rings. The highest BCUT2D eigenvalue weighted by Gasteiger charge is 2.09. The van der Waals surface area contributed by atoms with Crippen molar-refractivity contribution in [1.29, 1.82) is 5.26 Å². The summed E-state index contributed by atoms with van der Waals surface area (Å²) < 4.78 is 0. The Balaban J connectivity index is 2.64. The van der Waals surface area contributed by atoms with Crippen molar-refractivity contribution in [2.45, 2.75) is 6.42 Å². The van der Waals surface area contributed by atoms with Crippen LogP contribution in [0.25, 0.3) is 0 Å². The molecule has 104 valence electrons. The van der Waals surface area contributed by atoms with Gasteiger partial charge in [0.25, 0.3) is 5.91 Å². The third-order valence-corrected chi connectivity index (χ3v) is 2.42. The van der Waals surface area contributed by atoms with Gasteiger partial charge in [0, 0.05) is 18.9 Å². The van der Waals surface area contributed by atoms with E-state index >= 15 is 0 Å². The zero-order chi connectivity index (χ0) is 15.0. The Bertz CT molecular complexity index is 580. The van der Waals surface area contributed by atoms with E-state index in [2.05, 4.69) is 15.6 Å². The fourth-order valence-electron chi connectivity index (χ4n) is 1.17. The van der Waals surface area contributed by atoms with Crippen LogP contribution >= 0.6 is 11.6 Å². The lowest BCUT2D eigenvalue weighted by atomic mass is 10.3. The lowest BCUT2D eigenvalue weighted by molar-refractivity contribution is -0.136. The molecular weight excluding hydrogens is 284 g/mol. The minimum Gasteiger partial charge on any atom is -0.481 e. The normalized spacial score (nSPS) is 10.5. The Kier molecular flexibility index (Phi) is 6.00. The van der Waals surface area contributed by atoms with E-state index in [0.29, 0.717) is 5.69 Å². The number of nitrogens with zero attached hydrogens (tertiary/aromatic N) is 2. The van der Waals surface area contributed by atoms with E-state index in [4.69, 9.17) is 22.0 Å². The molecule has 20 heavy (non-hydrogen) atoms. The van der Waals surface area contributed by atoms with Crippen LogP contribution in [0.5, 0.6) is 0 Å². The summed E-state index contributed by atoms with van der Waals surface area (Å²) >= 11 is 5.80. The average molecular weight is 295 g/mol. The molecule has 0 aliphatic heterocycles. The van der Waals surface area contributed by atoms with Gasteiger partial charge in [0.05, 0.1) is 12.1 Å². The Morgan fingerprint density at radius 2 is 2.30 bits per heavy atom. The quantitative estimate of drug-likeness (QED) is 0.412. The standard InChI is InChI=1S/C12H11ClN4O3/c13-11-9(2-1-4-15-11)17-7-8(6-14)12(20)16-5-3-10(18)19/h1-2,4,7,17H,3,5H2,(H,16,20)(H,18,19)/b8-7-. The average Bonchev–Trinajstić information content (AvgIpc) is 2.41. The maximum Gasteiger partial charge on any atom is 0.305 e. The number of hydrogen-bond acceptors (Lipinski definition) is 5. The second-order valence-corrected chi connectivity index (χ2v) is 3.91. The highest BCUT2D eigenvalue weighted by molar-refractivity contribution is 6.32. The van der Waals surface area contributed by atoms with Crippen molar-refractivity contribution < 1.29 is 14.7 Å². The second-order valence-electron chi connectivity index (χ2n) is 3.56. The monoisotopic (exact) mass is 294 g/mol. The molecule has 0 radical (unpaired) electrons. The van der Waals surface area contributed by atoms with Gasteiger partial charge in [-0.15, -0.1) is 0 Å². The maximum absolute atomic E-state index is 11.6. The number of halogens is 1. The third kappa shape index (κ3) is 4.96. The molecule has 1 amide bonds. The van der Waals surface area contributed by atoms with Crippen molar-refractivity contribution in [2.24, 2.45) is 0 Å². The van der Waals surface area contributed by atoms with E-state index in [0.717, 1.165) is 0 Å². The molecule has 1 heterocycles. The molecule has 0 unspecified atom stereocenters. The van der Waals surface area contributed by atoms with Gasteiger partial charge in [-0.1, -0.05) is 11.6 Å². The molecule has 0 bridgehead atoms. The number of hydrogen-bond donors (Lipinski definition) is 3. The predicted molar refractivity (Wildman–Crippen MR) is 71.8 cm³/mol. The first-order chi connectivity index (χ1) is 9.54. The number of pyridine rings is 1. The van der Waals surface area contributed by atoms with Crippen LogP contribution in [0.3, 0.4) is 0 Å². The number of rotatable bonds is 6. The van der Waals surface area contributed by atoms with E-state index < -0.39 is 11.9 Å². The minimum atomic E-state index is -1.03. The highest BCUT2D eigenvalue weighted by atomic mass is 35.5. The number of carboxylic acid groups (broad SMARTS) is 1. The number of aromatic nitrogens is 1. The molecule has 0 spiro atoms. The molecule has 0 saturated heterocycles. The van der Waals surface area contributed by atoms with Crippen LogP contribution in [-0.2, 0) is 9.59 Å². The Labute approximate surface area is 119 Å². The summed E-state index contributed by atoms with van der Waals surface area (Å²) in [5, 5.41) is 22.5. The fourth-order valence-corrected chi connectivity index (χ4v) is 1.34. The number of amides is 1. The van der Waals surface area contributed by atoms with Crippen LogP contribution in [0.1, 0.15) is 6.42 Å². The summed E-state index contributed by atoms with van der Waals surface area (Å²) in [7, 11) is 0. The number of aliphatic carboxylic acids is 1. The first-order valence-corrected chi connectivity index (χ1v) is 5.89. The fraction of sp³-hybridized carbons (Fsp3) is 0.167. The molecule has 7 nitrogen and oxygen atoms in total. The first-order valence-electron chi connectivity index (χ1n) is 5.52.